The molecule has 1 aliphatic heterocycles. The number of nitrogens with zero attached hydrogens (tertiary/aromatic N) is 2. The van der Waals surface area contributed by atoms with E-state index in [1.165, 1.54) is 5.56 Å². The number of hydrogen-bond donors (Lipinski definition) is 1. The SMILES string of the molecule is CCOC1CCN(Cc2ccnc(C(N)=S)c2)CC1. The van der Waals surface area contributed by atoms with Gasteiger partial charge in [0.15, 0.2) is 0 Å². The molecule has 104 valence electrons. The van der Waals surface area contributed by atoms with Crippen LogP contribution in [0.1, 0.15) is 31.0 Å². The second-order valence-corrected chi connectivity index (χ2v) is 5.28. The first-order chi connectivity index (χ1) is 9.19. The molecule has 0 spiro atoms. The second kappa shape index (κ2) is 6.93. The van der Waals surface area contributed by atoms with E-state index in [-0.39, 0.29) is 0 Å². The van der Waals surface area contributed by atoms with Crippen molar-refractivity contribution in [2.75, 3.05) is 19.7 Å². The normalized spacial score (nSPS) is 17.5. The topological polar surface area (TPSA) is 51.4 Å². The molecule has 1 aromatic rings. The van der Waals surface area contributed by atoms with Crippen LogP contribution in [0.15, 0.2) is 18.3 Å². The Balaban J connectivity index is 1.88. The third-order valence-electron chi connectivity index (χ3n) is 3.42. The van der Waals surface area contributed by atoms with Crippen molar-refractivity contribution in [1.82, 2.24) is 9.88 Å². The standard InChI is InChI=1S/C14H21N3OS/c1-2-18-12-4-7-17(8-5-12)10-11-3-6-16-13(9-11)14(15)19/h3,6,9,12H,2,4-5,7-8,10H2,1H3,(H2,15,19). The van der Waals surface area contributed by atoms with Crippen LogP contribution in [0.4, 0.5) is 0 Å². The maximum Gasteiger partial charge on any atom is 0.122 e. The highest BCUT2D eigenvalue weighted by atomic mass is 32.1. The Labute approximate surface area is 120 Å². The Bertz CT molecular complexity index is 430. The van der Waals surface area contributed by atoms with Gasteiger partial charge in [-0.25, -0.2) is 0 Å². The Morgan fingerprint density at radius 3 is 2.89 bits per heavy atom. The molecular formula is C14H21N3OS. The molecule has 2 heterocycles. The van der Waals surface area contributed by atoms with Gasteiger partial charge in [0.2, 0.25) is 0 Å². The van der Waals surface area contributed by atoms with Crippen LogP contribution in [-0.2, 0) is 11.3 Å². The first-order valence-corrected chi connectivity index (χ1v) is 7.18. The van der Waals surface area contributed by atoms with Crippen molar-refractivity contribution in [3.63, 3.8) is 0 Å². The number of pyridine rings is 1. The van der Waals surface area contributed by atoms with Gasteiger partial charge >= 0.3 is 0 Å². The van der Waals surface area contributed by atoms with Crippen molar-refractivity contribution in [3.8, 4) is 0 Å². The average molecular weight is 279 g/mol. The van der Waals surface area contributed by atoms with Crippen molar-refractivity contribution >= 4 is 17.2 Å². The van der Waals surface area contributed by atoms with Gasteiger partial charge in [-0.05, 0) is 37.5 Å². The summed E-state index contributed by atoms with van der Waals surface area (Å²) in [5, 5.41) is 0. The predicted molar refractivity (Wildman–Crippen MR) is 80.0 cm³/mol. The number of nitrogens with two attached hydrogens (primary N) is 1. The van der Waals surface area contributed by atoms with Crippen LogP contribution in [0.25, 0.3) is 0 Å². The summed E-state index contributed by atoms with van der Waals surface area (Å²) in [5.74, 6) is 0. The lowest BCUT2D eigenvalue weighted by atomic mass is 10.1. The molecule has 0 unspecified atom stereocenters. The molecule has 1 aromatic heterocycles. The van der Waals surface area contributed by atoms with E-state index in [0.29, 0.717) is 16.8 Å². The number of aromatic nitrogens is 1. The fourth-order valence-corrected chi connectivity index (χ4v) is 2.55. The zero-order valence-corrected chi connectivity index (χ0v) is 12.2. The minimum atomic E-state index is 0.358. The molecule has 4 nitrogen and oxygen atoms in total. The van der Waals surface area contributed by atoms with Gasteiger partial charge in [-0.3, -0.25) is 9.88 Å². The highest BCUT2D eigenvalue weighted by Gasteiger charge is 2.19. The minimum Gasteiger partial charge on any atom is -0.388 e. The molecule has 1 fully saturated rings. The maximum absolute atomic E-state index is 5.66. The van der Waals surface area contributed by atoms with Crippen molar-refractivity contribution in [3.05, 3.63) is 29.6 Å². The van der Waals surface area contributed by atoms with E-state index in [0.717, 1.165) is 39.1 Å². The number of rotatable bonds is 5. The first-order valence-electron chi connectivity index (χ1n) is 6.77. The van der Waals surface area contributed by atoms with Crippen LogP contribution in [0.2, 0.25) is 0 Å². The van der Waals surface area contributed by atoms with Crippen molar-refractivity contribution in [2.45, 2.75) is 32.4 Å². The number of likely N-dealkylation sites (tertiary alicyclic amines) is 1. The maximum atomic E-state index is 5.66. The summed E-state index contributed by atoms with van der Waals surface area (Å²) < 4.78 is 5.66. The smallest absolute Gasteiger partial charge is 0.122 e. The lowest BCUT2D eigenvalue weighted by Crippen LogP contribution is -2.36. The van der Waals surface area contributed by atoms with E-state index >= 15 is 0 Å². The lowest BCUT2D eigenvalue weighted by molar-refractivity contribution is 0.0125. The molecule has 1 aliphatic rings. The Morgan fingerprint density at radius 1 is 1.53 bits per heavy atom. The Hall–Kier alpha value is -1.04. The first kappa shape index (κ1) is 14.4. The summed E-state index contributed by atoms with van der Waals surface area (Å²) >= 11 is 4.96. The molecule has 0 radical (unpaired) electrons. The van der Waals surface area contributed by atoms with E-state index in [1.54, 1.807) is 6.20 Å². The average Bonchev–Trinajstić information content (AvgIpc) is 2.42. The van der Waals surface area contributed by atoms with Crippen molar-refractivity contribution < 1.29 is 4.74 Å². The molecule has 2 N–H and O–H groups in total. The molecule has 0 aliphatic carbocycles. The third kappa shape index (κ3) is 4.23. The van der Waals surface area contributed by atoms with Crippen LogP contribution in [0.5, 0.6) is 0 Å². The summed E-state index contributed by atoms with van der Waals surface area (Å²) in [5.41, 5.74) is 7.53. The summed E-state index contributed by atoms with van der Waals surface area (Å²) in [4.78, 5) is 6.96. The lowest BCUT2D eigenvalue weighted by Gasteiger charge is -2.31. The van der Waals surface area contributed by atoms with Gasteiger partial charge < -0.3 is 10.5 Å². The summed E-state index contributed by atoms with van der Waals surface area (Å²) in [6, 6.07) is 4.01. The van der Waals surface area contributed by atoms with Gasteiger partial charge in [0.1, 0.15) is 4.99 Å². The molecular weight excluding hydrogens is 258 g/mol. The van der Waals surface area contributed by atoms with Gasteiger partial charge in [0.25, 0.3) is 0 Å². The number of ether oxygens (including phenoxy) is 1. The van der Waals surface area contributed by atoms with Gasteiger partial charge in [-0.15, -0.1) is 0 Å². The van der Waals surface area contributed by atoms with E-state index < -0.39 is 0 Å². The van der Waals surface area contributed by atoms with Crippen molar-refractivity contribution in [1.29, 1.82) is 0 Å². The van der Waals surface area contributed by atoms with Gasteiger partial charge in [0.05, 0.1) is 11.8 Å². The van der Waals surface area contributed by atoms with Gasteiger partial charge in [0, 0.05) is 32.4 Å². The van der Waals surface area contributed by atoms with Crippen LogP contribution >= 0.6 is 12.2 Å². The molecule has 0 saturated carbocycles. The van der Waals surface area contributed by atoms with Gasteiger partial charge in [-0.1, -0.05) is 12.2 Å². The summed E-state index contributed by atoms with van der Waals surface area (Å²) in [7, 11) is 0. The zero-order chi connectivity index (χ0) is 13.7. The van der Waals surface area contributed by atoms with Crippen LogP contribution < -0.4 is 5.73 Å². The minimum absolute atomic E-state index is 0.358. The molecule has 2 rings (SSSR count). The van der Waals surface area contributed by atoms with E-state index in [2.05, 4.69) is 16.8 Å². The number of thiocarbonyl (C=S) groups is 1. The zero-order valence-electron chi connectivity index (χ0n) is 11.3. The quantitative estimate of drug-likeness (QED) is 0.832. The fourth-order valence-electron chi connectivity index (χ4n) is 2.44. The molecule has 5 heteroatoms. The summed E-state index contributed by atoms with van der Waals surface area (Å²) in [6.07, 6.45) is 4.43. The van der Waals surface area contributed by atoms with Crippen LogP contribution in [0, 0.1) is 0 Å². The molecule has 0 amide bonds. The summed E-state index contributed by atoms with van der Waals surface area (Å²) in [6.45, 7) is 5.95. The molecule has 0 atom stereocenters. The largest absolute Gasteiger partial charge is 0.388 e. The number of hydrogen-bond acceptors (Lipinski definition) is 4. The fraction of sp³-hybridized carbons (Fsp3) is 0.571. The highest BCUT2D eigenvalue weighted by molar-refractivity contribution is 7.80. The van der Waals surface area contributed by atoms with Gasteiger partial charge in [-0.2, -0.15) is 0 Å². The third-order valence-corrected chi connectivity index (χ3v) is 3.63. The monoisotopic (exact) mass is 279 g/mol. The van der Waals surface area contributed by atoms with Crippen molar-refractivity contribution in [2.24, 2.45) is 5.73 Å². The van der Waals surface area contributed by atoms with E-state index in [9.17, 15) is 0 Å². The van der Waals surface area contributed by atoms with Crippen LogP contribution in [0.3, 0.4) is 0 Å². The molecule has 0 bridgehead atoms. The Kier molecular flexibility index (Phi) is 5.24. The Morgan fingerprint density at radius 2 is 2.26 bits per heavy atom. The van der Waals surface area contributed by atoms with Crippen LogP contribution in [-0.4, -0.2) is 40.7 Å². The second-order valence-electron chi connectivity index (χ2n) is 4.84. The predicted octanol–water partition coefficient (Wildman–Crippen LogP) is 1.72. The molecule has 1 saturated heterocycles. The molecule has 0 aromatic carbocycles. The molecule has 19 heavy (non-hydrogen) atoms. The number of piperidine rings is 1. The highest BCUT2D eigenvalue weighted by Crippen LogP contribution is 2.16. The van der Waals surface area contributed by atoms with E-state index in [1.807, 2.05) is 12.1 Å². The van der Waals surface area contributed by atoms with E-state index in [4.69, 9.17) is 22.7 Å².